The van der Waals surface area contributed by atoms with Crippen molar-refractivity contribution in [2.75, 3.05) is 11.0 Å². The lowest BCUT2D eigenvalue weighted by atomic mass is 9.86. The zero-order valence-corrected chi connectivity index (χ0v) is 25.1. The summed E-state index contributed by atoms with van der Waals surface area (Å²) in [6.07, 6.45) is 0.954. The van der Waals surface area contributed by atoms with Crippen LogP contribution >= 0.6 is 11.6 Å². The average Bonchev–Trinajstić information content (AvgIpc) is 3.18. The summed E-state index contributed by atoms with van der Waals surface area (Å²) in [4.78, 5) is 19.1. The van der Waals surface area contributed by atoms with Crippen molar-refractivity contribution in [3.05, 3.63) is 92.5 Å². The highest BCUT2D eigenvalue weighted by Crippen LogP contribution is 2.35. The molecule has 0 saturated heterocycles. The predicted molar refractivity (Wildman–Crippen MR) is 161 cm³/mol. The summed E-state index contributed by atoms with van der Waals surface area (Å²) < 4.78 is 57.2. The minimum absolute atomic E-state index is 0.0143. The molecule has 220 valence electrons. The van der Waals surface area contributed by atoms with E-state index in [1.807, 2.05) is 32.9 Å². The fourth-order valence-electron chi connectivity index (χ4n) is 5.01. The number of halogens is 3. The van der Waals surface area contributed by atoms with Crippen molar-refractivity contribution >= 4 is 49.2 Å². The highest BCUT2D eigenvalue weighted by Gasteiger charge is 2.25. The largest absolute Gasteiger partial charge is 0.321 e. The van der Waals surface area contributed by atoms with Crippen LogP contribution in [0.1, 0.15) is 43.8 Å². The van der Waals surface area contributed by atoms with Gasteiger partial charge in [0.15, 0.2) is 5.82 Å². The molecule has 5 aromatic rings. The molecule has 3 aromatic carbocycles. The fraction of sp³-hybridized carbons (Fsp3) is 0.276. The summed E-state index contributed by atoms with van der Waals surface area (Å²) in [6.45, 7) is 6.11. The molecule has 0 aliphatic rings. The van der Waals surface area contributed by atoms with E-state index < -0.39 is 33.3 Å². The van der Waals surface area contributed by atoms with Crippen molar-refractivity contribution in [1.29, 1.82) is 0 Å². The van der Waals surface area contributed by atoms with Crippen LogP contribution in [0.25, 0.3) is 27.5 Å². The van der Waals surface area contributed by atoms with E-state index in [0.717, 1.165) is 17.9 Å². The van der Waals surface area contributed by atoms with Crippen LogP contribution in [0.2, 0.25) is 5.02 Å². The third kappa shape index (κ3) is 5.61. The number of nitrogens with zero attached hydrogens (tertiary/aromatic N) is 4. The maximum Gasteiger partial charge on any atom is 0.266 e. The molecule has 0 radical (unpaired) electrons. The Kier molecular flexibility index (Phi) is 7.36. The minimum Gasteiger partial charge on any atom is -0.321 e. The third-order valence-corrected chi connectivity index (χ3v) is 7.79. The molecule has 2 heterocycles. The Morgan fingerprint density at radius 3 is 2.36 bits per heavy atom. The van der Waals surface area contributed by atoms with Crippen molar-refractivity contribution in [3.63, 3.8) is 0 Å². The Hall–Kier alpha value is -3.87. The van der Waals surface area contributed by atoms with Gasteiger partial charge in [-0.2, -0.15) is 5.10 Å². The summed E-state index contributed by atoms with van der Waals surface area (Å²) in [7, 11) is -2.13. The molecule has 0 amide bonds. The Labute approximate surface area is 246 Å². The number of anilines is 1. The van der Waals surface area contributed by atoms with Crippen molar-refractivity contribution in [3.8, 4) is 5.69 Å². The van der Waals surface area contributed by atoms with Crippen molar-refractivity contribution < 1.29 is 17.2 Å². The van der Waals surface area contributed by atoms with E-state index in [0.29, 0.717) is 22.1 Å². The lowest BCUT2D eigenvalue weighted by Gasteiger charge is -2.22. The molecular formula is C29H29ClF2N6O3S. The van der Waals surface area contributed by atoms with Crippen molar-refractivity contribution in [1.82, 2.24) is 19.3 Å². The standard InChI is InChI=1S/C29H29ClF2N6O3S/c1-29(2,3)16-6-7-19-22(13-16)34-27(21(33)12-15-10-17(31)14-18(32)11-15)38(28(19)39)23-9-8-20(30)24-25(23)37(4)35-26(24)36-42(5,40)41/h6-11,13-14,21H,12,33H2,1-5H3,(H,35,36)/t21-/m0/s1. The predicted octanol–water partition coefficient (Wildman–Crippen LogP) is 5.12. The van der Waals surface area contributed by atoms with Crippen LogP contribution in [0.4, 0.5) is 14.6 Å². The van der Waals surface area contributed by atoms with Gasteiger partial charge in [-0.15, -0.1) is 0 Å². The molecule has 9 nitrogen and oxygen atoms in total. The van der Waals surface area contributed by atoms with Crippen LogP contribution in [0.15, 0.2) is 53.3 Å². The molecule has 0 bridgehead atoms. The second-order valence-corrected chi connectivity index (χ2v) is 13.5. The summed E-state index contributed by atoms with van der Waals surface area (Å²) in [5, 5.41) is 5.09. The van der Waals surface area contributed by atoms with Gasteiger partial charge in [-0.05, 0) is 59.4 Å². The highest BCUT2D eigenvalue weighted by atomic mass is 35.5. The van der Waals surface area contributed by atoms with Gasteiger partial charge >= 0.3 is 0 Å². The first-order valence-corrected chi connectivity index (χ1v) is 15.2. The lowest BCUT2D eigenvalue weighted by molar-refractivity contribution is 0.572. The molecule has 42 heavy (non-hydrogen) atoms. The Balaban J connectivity index is 1.82. The van der Waals surface area contributed by atoms with E-state index in [9.17, 15) is 22.0 Å². The number of aryl methyl sites for hydroxylation is 1. The zero-order valence-electron chi connectivity index (χ0n) is 23.5. The zero-order chi connectivity index (χ0) is 30.7. The molecule has 13 heteroatoms. The van der Waals surface area contributed by atoms with Gasteiger partial charge in [-0.1, -0.05) is 38.4 Å². The number of benzene rings is 3. The number of fused-ring (bicyclic) bond motifs is 2. The summed E-state index contributed by atoms with van der Waals surface area (Å²) in [6, 6.07) is 10.6. The summed E-state index contributed by atoms with van der Waals surface area (Å²) in [5.41, 5.74) is 8.24. The van der Waals surface area contributed by atoms with E-state index >= 15 is 0 Å². The lowest BCUT2D eigenvalue weighted by Crippen LogP contribution is -2.30. The Bertz CT molecular complexity index is 2030. The summed E-state index contributed by atoms with van der Waals surface area (Å²) in [5.74, 6) is -1.39. The SMILES string of the molecule is Cn1nc(NS(C)(=O)=O)c2c(Cl)ccc(-n3c([C@@H](N)Cc4cc(F)cc(F)c4)nc4cc(C(C)(C)C)ccc4c3=O)c21. The number of rotatable bonds is 6. The van der Waals surface area contributed by atoms with Crippen LogP contribution in [0.3, 0.4) is 0 Å². The molecule has 5 rings (SSSR count). The fourth-order valence-corrected chi connectivity index (χ4v) is 5.75. The maximum atomic E-state index is 14.2. The molecule has 0 fully saturated rings. The monoisotopic (exact) mass is 614 g/mol. The molecule has 0 aliphatic heterocycles. The number of hydrogen-bond donors (Lipinski definition) is 2. The van der Waals surface area contributed by atoms with E-state index in [2.05, 4.69) is 9.82 Å². The Morgan fingerprint density at radius 2 is 1.74 bits per heavy atom. The van der Waals surface area contributed by atoms with Crippen LogP contribution in [-0.2, 0) is 28.9 Å². The summed E-state index contributed by atoms with van der Waals surface area (Å²) >= 11 is 6.51. The number of nitrogens with one attached hydrogen (secondary N) is 1. The number of nitrogens with two attached hydrogens (primary N) is 1. The number of aromatic nitrogens is 4. The van der Waals surface area contributed by atoms with Crippen molar-refractivity contribution in [2.45, 2.75) is 38.6 Å². The number of sulfonamides is 1. The quantitative estimate of drug-likeness (QED) is 0.274. The molecule has 0 aliphatic carbocycles. The van der Waals surface area contributed by atoms with Crippen LogP contribution < -0.4 is 16.0 Å². The van der Waals surface area contributed by atoms with Gasteiger partial charge in [-0.3, -0.25) is 18.8 Å². The van der Waals surface area contributed by atoms with E-state index in [-0.39, 0.29) is 39.5 Å². The third-order valence-electron chi connectivity index (χ3n) is 6.91. The van der Waals surface area contributed by atoms with Gasteiger partial charge < -0.3 is 5.73 Å². The van der Waals surface area contributed by atoms with Gasteiger partial charge in [0.1, 0.15) is 17.5 Å². The molecule has 3 N–H and O–H groups in total. The van der Waals surface area contributed by atoms with Gasteiger partial charge in [0.2, 0.25) is 10.0 Å². The van der Waals surface area contributed by atoms with Crippen LogP contribution in [0, 0.1) is 11.6 Å². The van der Waals surface area contributed by atoms with Gasteiger partial charge in [0.05, 0.1) is 44.8 Å². The normalized spacial score (nSPS) is 13.2. The smallest absolute Gasteiger partial charge is 0.266 e. The first-order valence-electron chi connectivity index (χ1n) is 12.9. The second kappa shape index (κ2) is 10.4. The highest BCUT2D eigenvalue weighted by molar-refractivity contribution is 7.92. The van der Waals surface area contributed by atoms with Gasteiger partial charge in [-0.25, -0.2) is 22.2 Å². The van der Waals surface area contributed by atoms with Gasteiger partial charge in [0, 0.05) is 13.1 Å². The van der Waals surface area contributed by atoms with Crippen molar-refractivity contribution in [2.24, 2.45) is 12.8 Å². The molecule has 0 saturated carbocycles. The maximum absolute atomic E-state index is 14.2. The molecule has 0 spiro atoms. The van der Waals surface area contributed by atoms with E-state index in [4.69, 9.17) is 22.3 Å². The number of hydrogen-bond acceptors (Lipinski definition) is 6. The van der Waals surface area contributed by atoms with Crippen LogP contribution in [-0.4, -0.2) is 34.0 Å². The molecule has 1 atom stereocenters. The Morgan fingerprint density at radius 1 is 1.07 bits per heavy atom. The van der Waals surface area contributed by atoms with E-state index in [1.54, 1.807) is 19.2 Å². The van der Waals surface area contributed by atoms with E-state index in [1.165, 1.54) is 27.4 Å². The molecule has 0 unspecified atom stereocenters. The van der Waals surface area contributed by atoms with Gasteiger partial charge in [0.25, 0.3) is 5.56 Å². The average molecular weight is 615 g/mol. The molecule has 2 aromatic heterocycles. The topological polar surface area (TPSA) is 125 Å². The first kappa shape index (κ1) is 29.6. The molecular weight excluding hydrogens is 586 g/mol. The minimum atomic E-state index is -3.71. The second-order valence-electron chi connectivity index (χ2n) is 11.3. The van der Waals surface area contributed by atoms with Crippen LogP contribution in [0.5, 0.6) is 0 Å². The first-order chi connectivity index (χ1) is 19.5.